The summed E-state index contributed by atoms with van der Waals surface area (Å²) in [6.07, 6.45) is -0.538. The van der Waals surface area contributed by atoms with E-state index < -0.39 is 36.0 Å². The van der Waals surface area contributed by atoms with Crippen LogP contribution in [0.3, 0.4) is 0 Å². The standard InChI is InChI=1S/C49H53ClN4O10S2/c1-7-63-42(55)30-54-45(57)43(66-49(54)65)32(4)38-9-8-10-40(26-38)64-48(60)51-41(25-31(2)3)44(56)53(29-35-15-21-39(50)22-16-35)24-23-52(27-33-11-17-36(18-12-33)46(58)61-5)28-34-13-19-37(20-14-34)47(59)62-6/h8-22,26,31,41H,7,23-25,27-30H2,1-6H3,(H,51,60)/b43-32-/t41-/m0/s1. The molecule has 66 heavy (non-hydrogen) atoms. The average molecular weight is 958 g/mol. The molecule has 0 spiro atoms. The van der Waals surface area contributed by atoms with Gasteiger partial charge in [-0.2, -0.15) is 0 Å². The van der Waals surface area contributed by atoms with Gasteiger partial charge in [0.1, 0.15) is 22.7 Å². The van der Waals surface area contributed by atoms with Crippen molar-refractivity contribution in [3.63, 3.8) is 0 Å². The summed E-state index contributed by atoms with van der Waals surface area (Å²) in [7, 11) is 2.65. The van der Waals surface area contributed by atoms with Crippen molar-refractivity contribution in [3.8, 4) is 5.75 Å². The number of esters is 3. The molecular formula is C49H53ClN4O10S2. The van der Waals surface area contributed by atoms with Crippen LogP contribution in [0, 0.1) is 5.92 Å². The van der Waals surface area contributed by atoms with Crippen molar-refractivity contribution in [2.75, 3.05) is 40.5 Å². The molecule has 1 fully saturated rings. The molecule has 1 N–H and O–H groups in total. The molecule has 0 aromatic heterocycles. The second-order valence-electron chi connectivity index (χ2n) is 15.7. The molecule has 1 heterocycles. The Morgan fingerprint density at radius 2 is 1.35 bits per heavy atom. The van der Waals surface area contributed by atoms with Crippen molar-refractivity contribution < 1.29 is 47.7 Å². The second-order valence-corrected chi connectivity index (χ2v) is 17.8. The predicted octanol–water partition coefficient (Wildman–Crippen LogP) is 8.30. The minimum atomic E-state index is -0.971. The van der Waals surface area contributed by atoms with Crippen LogP contribution in [-0.2, 0) is 48.2 Å². The van der Waals surface area contributed by atoms with Gasteiger partial charge in [-0.3, -0.25) is 24.2 Å². The van der Waals surface area contributed by atoms with Crippen LogP contribution in [0.25, 0.3) is 5.57 Å². The summed E-state index contributed by atoms with van der Waals surface area (Å²) in [4.78, 5) is 83.5. The number of ether oxygens (including phenoxy) is 4. The van der Waals surface area contributed by atoms with E-state index in [0.29, 0.717) is 58.2 Å². The molecule has 348 valence electrons. The fourth-order valence-electron chi connectivity index (χ4n) is 7.01. The van der Waals surface area contributed by atoms with Gasteiger partial charge in [0.2, 0.25) is 5.91 Å². The highest BCUT2D eigenvalue weighted by Gasteiger charge is 2.35. The Morgan fingerprint density at radius 3 is 1.89 bits per heavy atom. The van der Waals surface area contributed by atoms with E-state index >= 15 is 0 Å². The van der Waals surface area contributed by atoms with Gasteiger partial charge in [0, 0.05) is 37.7 Å². The van der Waals surface area contributed by atoms with Gasteiger partial charge in [-0.25, -0.2) is 14.4 Å². The van der Waals surface area contributed by atoms with Crippen LogP contribution in [0.15, 0.2) is 102 Å². The lowest BCUT2D eigenvalue weighted by atomic mass is 10.0. The number of carbonyl (C=O) groups is 6. The lowest BCUT2D eigenvalue weighted by Gasteiger charge is -2.31. The normalized spacial score (nSPS) is 13.6. The van der Waals surface area contributed by atoms with Crippen LogP contribution >= 0.6 is 35.6 Å². The number of thioether (sulfide) groups is 1. The van der Waals surface area contributed by atoms with Crippen LogP contribution in [0.2, 0.25) is 5.02 Å². The molecule has 0 radical (unpaired) electrons. The van der Waals surface area contributed by atoms with Gasteiger partial charge < -0.3 is 29.2 Å². The van der Waals surface area contributed by atoms with Crippen LogP contribution < -0.4 is 10.1 Å². The lowest BCUT2D eigenvalue weighted by Crippen LogP contribution is -2.51. The first-order chi connectivity index (χ1) is 31.6. The first kappa shape index (κ1) is 50.9. The third-order valence-electron chi connectivity index (χ3n) is 10.4. The van der Waals surface area contributed by atoms with E-state index in [4.69, 9.17) is 42.8 Å². The summed E-state index contributed by atoms with van der Waals surface area (Å²) in [5, 5.41) is 3.37. The quantitative estimate of drug-likeness (QED) is 0.0390. The largest absolute Gasteiger partial charge is 0.465 e. The van der Waals surface area contributed by atoms with Crippen LogP contribution in [0.1, 0.15) is 77.1 Å². The maximum Gasteiger partial charge on any atom is 0.413 e. The zero-order chi connectivity index (χ0) is 47.9. The van der Waals surface area contributed by atoms with Gasteiger partial charge in [-0.1, -0.05) is 98.0 Å². The number of rotatable bonds is 20. The van der Waals surface area contributed by atoms with Crippen molar-refractivity contribution in [2.45, 2.75) is 59.8 Å². The number of allylic oxidation sites excluding steroid dienone is 1. The fourth-order valence-corrected chi connectivity index (χ4v) is 8.44. The van der Waals surface area contributed by atoms with E-state index in [-0.39, 0.29) is 48.1 Å². The Kier molecular flexibility index (Phi) is 18.9. The molecule has 0 aliphatic carbocycles. The highest BCUT2D eigenvalue weighted by molar-refractivity contribution is 8.26. The molecule has 1 saturated heterocycles. The average Bonchev–Trinajstić information content (AvgIpc) is 3.58. The summed E-state index contributed by atoms with van der Waals surface area (Å²) >= 11 is 12.7. The van der Waals surface area contributed by atoms with Gasteiger partial charge in [0.15, 0.2) is 0 Å². The van der Waals surface area contributed by atoms with Crippen LogP contribution in [0.5, 0.6) is 5.75 Å². The van der Waals surface area contributed by atoms with Gasteiger partial charge in [-0.05, 0) is 103 Å². The molecule has 14 nitrogen and oxygen atoms in total. The number of benzene rings is 4. The Labute approximate surface area is 399 Å². The Hall–Kier alpha value is -6.07. The second kappa shape index (κ2) is 24.5. The fraction of sp³-hybridized carbons (Fsp3) is 0.327. The summed E-state index contributed by atoms with van der Waals surface area (Å²) in [6.45, 7) is 8.96. The maximum atomic E-state index is 14.7. The molecule has 1 atom stereocenters. The summed E-state index contributed by atoms with van der Waals surface area (Å²) in [5.74, 6) is -2.03. The summed E-state index contributed by atoms with van der Waals surface area (Å²) < 4.78 is 20.7. The maximum absolute atomic E-state index is 14.7. The van der Waals surface area contributed by atoms with Gasteiger partial charge in [-0.15, -0.1) is 0 Å². The minimum Gasteiger partial charge on any atom is -0.465 e. The summed E-state index contributed by atoms with van der Waals surface area (Å²) in [6, 6.07) is 27.1. The zero-order valence-electron chi connectivity index (χ0n) is 37.7. The Balaban J connectivity index is 1.37. The van der Waals surface area contributed by atoms with Gasteiger partial charge in [0.25, 0.3) is 5.91 Å². The number of methoxy groups -OCH3 is 2. The first-order valence-corrected chi connectivity index (χ1v) is 22.8. The monoisotopic (exact) mass is 956 g/mol. The Morgan fingerprint density at radius 1 is 0.788 bits per heavy atom. The van der Waals surface area contributed by atoms with E-state index in [1.165, 1.54) is 19.1 Å². The van der Waals surface area contributed by atoms with Gasteiger partial charge >= 0.3 is 24.0 Å². The van der Waals surface area contributed by atoms with Gasteiger partial charge in [0.05, 0.1) is 36.9 Å². The number of carbonyl (C=O) groups excluding carboxylic acids is 6. The molecule has 0 unspecified atom stereocenters. The van der Waals surface area contributed by atoms with Crippen molar-refractivity contribution in [2.24, 2.45) is 5.92 Å². The topological polar surface area (TPSA) is 161 Å². The number of hydrogen-bond donors (Lipinski definition) is 1. The van der Waals surface area contributed by atoms with E-state index in [0.717, 1.165) is 28.5 Å². The third kappa shape index (κ3) is 14.5. The highest BCUT2D eigenvalue weighted by Crippen LogP contribution is 2.37. The number of amides is 3. The van der Waals surface area contributed by atoms with E-state index in [9.17, 15) is 28.8 Å². The SMILES string of the molecule is CCOC(=O)CN1C(=O)/C(=C(\C)c2cccc(OC(=O)N[C@@H](CC(C)C)C(=O)N(CCN(Cc3ccc(C(=O)OC)cc3)Cc3ccc(C(=O)OC)cc3)Cc3ccc(Cl)cc3)c2)SC1=S. The summed E-state index contributed by atoms with van der Waals surface area (Å²) in [5.41, 5.74) is 4.64. The molecule has 0 bridgehead atoms. The predicted molar refractivity (Wildman–Crippen MR) is 257 cm³/mol. The molecule has 1 aliphatic rings. The van der Waals surface area contributed by atoms with Crippen molar-refractivity contribution >= 4 is 81.3 Å². The van der Waals surface area contributed by atoms with Crippen molar-refractivity contribution in [3.05, 3.63) is 140 Å². The molecule has 1 aliphatic heterocycles. The number of halogens is 1. The van der Waals surface area contributed by atoms with E-state index in [1.54, 1.807) is 79.4 Å². The molecule has 5 rings (SSSR count). The van der Waals surface area contributed by atoms with E-state index in [1.807, 2.05) is 50.2 Å². The molecule has 0 saturated carbocycles. The Bertz CT molecular complexity index is 2370. The van der Waals surface area contributed by atoms with Crippen LogP contribution in [-0.4, -0.2) is 101 Å². The molecule has 3 amide bonds. The highest BCUT2D eigenvalue weighted by atomic mass is 35.5. The van der Waals surface area contributed by atoms with Crippen LogP contribution in [0.4, 0.5) is 4.79 Å². The zero-order valence-corrected chi connectivity index (χ0v) is 40.1. The number of nitrogens with one attached hydrogen (secondary N) is 1. The lowest BCUT2D eigenvalue weighted by molar-refractivity contribution is -0.145. The van der Waals surface area contributed by atoms with E-state index in [2.05, 4.69) is 10.2 Å². The number of thiocarbonyl (C=S) groups is 1. The van der Waals surface area contributed by atoms with Crippen molar-refractivity contribution in [1.29, 1.82) is 0 Å². The third-order valence-corrected chi connectivity index (χ3v) is 12.2. The molecular weight excluding hydrogens is 904 g/mol. The number of hydrogen-bond acceptors (Lipinski definition) is 13. The molecule has 4 aromatic rings. The minimum absolute atomic E-state index is 0.00239. The first-order valence-electron chi connectivity index (χ1n) is 21.2. The van der Waals surface area contributed by atoms with Crippen molar-refractivity contribution in [1.82, 2.24) is 20.0 Å². The molecule has 17 heteroatoms. The molecule has 4 aromatic carbocycles. The number of nitrogens with zero attached hydrogens (tertiary/aromatic N) is 3. The smallest absolute Gasteiger partial charge is 0.413 e.